The van der Waals surface area contributed by atoms with Crippen molar-refractivity contribution in [1.82, 2.24) is 14.7 Å². The Bertz CT molecular complexity index is 455. The minimum atomic E-state index is -0.143. The predicted octanol–water partition coefficient (Wildman–Crippen LogP) is 2.38. The maximum atomic E-state index is 9.51. The molecular formula is C14H22N4. The lowest BCUT2D eigenvalue weighted by molar-refractivity contribution is 0.291. The first-order chi connectivity index (χ1) is 8.43. The molecule has 0 N–H and O–H groups in total. The van der Waals surface area contributed by atoms with Crippen LogP contribution in [0.25, 0.3) is 0 Å². The molecule has 4 nitrogen and oxygen atoms in total. The summed E-state index contributed by atoms with van der Waals surface area (Å²) in [5.41, 5.74) is 2.10. The van der Waals surface area contributed by atoms with E-state index in [9.17, 15) is 5.26 Å². The smallest absolute Gasteiger partial charge is 0.127 e. The van der Waals surface area contributed by atoms with Crippen LogP contribution >= 0.6 is 0 Å². The maximum Gasteiger partial charge on any atom is 0.127 e. The van der Waals surface area contributed by atoms with Crippen LogP contribution in [0.1, 0.15) is 50.9 Å². The summed E-state index contributed by atoms with van der Waals surface area (Å²) in [6.45, 7) is 8.50. The van der Waals surface area contributed by atoms with E-state index >= 15 is 0 Å². The molecule has 0 aliphatic carbocycles. The van der Waals surface area contributed by atoms with Gasteiger partial charge in [0, 0.05) is 24.2 Å². The Hall–Kier alpha value is -1.34. The van der Waals surface area contributed by atoms with E-state index in [1.54, 1.807) is 0 Å². The minimum Gasteiger partial charge on any atom is -0.284 e. The second kappa shape index (κ2) is 4.74. The van der Waals surface area contributed by atoms with Gasteiger partial charge >= 0.3 is 0 Å². The first kappa shape index (κ1) is 13.1. The SMILES string of the molecule is Cn1cc(C(C#N)N2CCCC2)c(C(C)(C)C)n1. The Morgan fingerprint density at radius 3 is 2.44 bits per heavy atom. The van der Waals surface area contributed by atoms with Crippen LogP contribution in [0.15, 0.2) is 6.20 Å². The average molecular weight is 246 g/mol. The molecule has 0 bridgehead atoms. The van der Waals surface area contributed by atoms with Gasteiger partial charge in [0.05, 0.1) is 11.8 Å². The lowest BCUT2D eigenvalue weighted by Gasteiger charge is -2.24. The van der Waals surface area contributed by atoms with Gasteiger partial charge in [0.25, 0.3) is 0 Å². The van der Waals surface area contributed by atoms with Crippen molar-refractivity contribution < 1.29 is 0 Å². The number of aromatic nitrogens is 2. The predicted molar refractivity (Wildman–Crippen MR) is 71.1 cm³/mol. The molecule has 1 aromatic heterocycles. The maximum absolute atomic E-state index is 9.51. The van der Waals surface area contributed by atoms with Crippen LogP contribution in [0.2, 0.25) is 0 Å². The van der Waals surface area contributed by atoms with Crippen LogP contribution in [0.4, 0.5) is 0 Å². The molecule has 1 aromatic rings. The molecule has 4 heteroatoms. The number of likely N-dealkylation sites (tertiary alicyclic amines) is 1. The summed E-state index contributed by atoms with van der Waals surface area (Å²) in [5.74, 6) is 0. The van der Waals surface area contributed by atoms with E-state index in [-0.39, 0.29) is 11.5 Å². The van der Waals surface area contributed by atoms with Crippen LogP contribution < -0.4 is 0 Å². The van der Waals surface area contributed by atoms with Crippen LogP contribution in [0.5, 0.6) is 0 Å². The number of nitriles is 1. The third kappa shape index (κ3) is 2.41. The van der Waals surface area contributed by atoms with Gasteiger partial charge in [0.1, 0.15) is 6.04 Å². The van der Waals surface area contributed by atoms with Gasteiger partial charge in [-0.25, -0.2) is 0 Å². The van der Waals surface area contributed by atoms with Gasteiger partial charge in [0.15, 0.2) is 0 Å². The molecule has 1 aliphatic rings. The zero-order valence-corrected chi connectivity index (χ0v) is 11.8. The standard InChI is InChI=1S/C14H22N4/c1-14(2,3)13-11(10-17(4)16-13)12(9-15)18-7-5-6-8-18/h10,12H,5-8H2,1-4H3. The van der Waals surface area contributed by atoms with Gasteiger partial charge in [-0.1, -0.05) is 20.8 Å². The van der Waals surface area contributed by atoms with Gasteiger partial charge < -0.3 is 0 Å². The third-order valence-corrected chi connectivity index (χ3v) is 3.49. The fourth-order valence-corrected chi connectivity index (χ4v) is 2.64. The monoisotopic (exact) mass is 246 g/mol. The highest BCUT2D eigenvalue weighted by Gasteiger charge is 2.31. The minimum absolute atomic E-state index is 0.0224. The van der Waals surface area contributed by atoms with E-state index in [1.807, 2.05) is 17.9 Å². The van der Waals surface area contributed by atoms with E-state index in [4.69, 9.17) is 0 Å². The molecule has 0 saturated carbocycles. The summed E-state index contributed by atoms with van der Waals surface area (Å²) in [5, 5.41) is 14.1. The highest BCUT2D eigenvalue weighted by Crippen LogP contribution is 2.32. The lowest BCUT2D eigenvalue weighted by atomic mass is 9.87. The van der Waals surface area contributed by atoms with Gasteiger partial charge in [-0.3, -0.25) is 9.58 Å². The first-order valence-corrected chi connectivity index (χ1v) is 6.61. The molecule has 2 heterocycles. The zero-order chi connectivity index (χ0) is 13.3. The largest absolute Gasteiger partial charge is 0.284 e. The molecule has 0 spiro atoms. The van der Waals surface area contributed by atoms with Gasteiger partial charge in [-0.15, -0.1) is 0 Å². The molecule has 1 unspecified atom stereocenters. The molecule has 18 heavy (non-hydrogen) atoms. The Kier molecular flexibility index (Phi) is 3.45. The zero-order valence-electron chi connectivity index (χ0n) is 11.8. The van der Waals surface area contributed by atoms with Gasteiger partial charge in [-0.05, 0) is 25.9 Å². The first-order valence-electron chi connectivity index (χ1n) is 6.61. The number of hydrogen-bond acceptors (Lipinski definition) is 3. The van der Waals surface area contributed by atoms with Crippen molar-refractivity contribution in [3.8, 4) is 6.07 Å². The molecule has 0 amide bonds. The molecule has 1 fully saturated rings. The topological polar surface area (TPSA) is 44.9 Å². The van der Waals surface area contributed by atoms with Crippen molar-refractivity contribution in [2.75, 3.05) is 13.1 Å². The molecule has 0 aromatic carbocycles. The molecular weight excluding hydrogens is 224 g/mol. The molecule has 0 radical (unpaired) electrons. The Balaban J connectivity index is 2.39. The van der Waals surface area contributed by atoms with E-state index in [2.05, 4.69) is 36.8 Å². The van der Waals surface area contributed by atoms with Crippen LogP contribution in [0.3, 0.4) is 0 Å². The third-order valence-electron chi connectivity index (χ3n) is 3.49. The Morgan fingerprint density at radius 2 is 1.94 bits per heavy atom. The Morgan fingerprint density at radius 1 is 1.33 bits per heavy atom. The fraction of sp³-hybridized carbons (Fsp3) is 0.714. The van der Waals surface area contributed by atoms with Gasteiger partial charge in [-0.2, -0.15) is 10.4 Å². The highest BCUT2D eigenvalue weighted by atomic mass is 15.3. The Labute approximate surface area is 109 Å². The molecule has 1 saturated heterocycles. The second-order valence-corrected chi connectivity index (χ2v) is 6.13. The van der Waals surface area contributed by atoms with Crippen molar-refractivity contribution >= 4 is 0 Å². The molecule has 98 valence electrons. The number of nitrogens with zero attached hydrogens (tertiary/aromatic N) is 4. The van der Waals surface area contributed by atoms with Crippen LogP contribution in [-0.2, 0) is 12.5 Å². The number of rotatable bonds is 2. The molecule has 1 aliphatic heterocycles. The van der Waals surface area contributed by atoms with E-state index in [0.29, 0.717) is 0 Å². The lowest BCUT2D eigenvalue weighted by Crippen LogP contribution is -2.27. The summed E-state index contributed by atoms with van der Waals surface area (Å²) < 4.78 is 1.83. The molecule has 1 atom stereocenters. The summed E-state index contributed by atoms with van der Waals surface area (Å²) in [7, 11) is 1.93. The second-order valence-electron chi connectivity index (χ2n) is 6.13. The quantitative estimate of drug-likeness (QED) is 0.804. The van der Waals surface area contributed by atoms with Crippen LogP contribution in [-0.4, -0.2) is 27.8 Å². The van der Waals surface area contributed by atoms with E-state index < -0.39 is 0 Å². The van der Waals surface area contributed by atoms with Crippen molar-refractivity contribution in [3.05, 3.63) is 17.5 Å². The number of hydrogen-bond donors (Lipinski definition) is 0. The highest BCUT2D eigenvalue weighted by molar-refractivity contribution is 5.31. The van der Waals surface area contributed by atoms with Crippen molar-refractivity contribution in [1.29, 1.82) is 5.26 Å². The summed E-state index contributed by atoms with van der Waals surface area (Å²) in [6, 6.07) is 2.32. The fourth-order valence-electron chi connectivity index (χ4n) is 2.64. The van der Waals surface area contributed by atoms with Crippen molar-refractivity contribution in [2.45, 2.75) is 45.1 Å². The van der Waals surface area contributed by atoms with E-state index in [1.165, 1.54) is 12.8 Å². The molecule has 2 rings (SSSR count). The average Bonchev–Trinajstić information content (AvgIpc) is 2.88. The normalized spacial score (nSPS) is 18.8. The summed E-state index contributed by atoms with van der Waals surface area (Å²) in [4.78, 5) is 2.27. The van der Waals surface area contributed by atoms with E-state index in [0.717, 1.165) is 24.3 Å². The van der Waals surface area contributed by atoms with Crippen molar-refractivity contribution in [3.63, 3.8) is 0 Å². The summed E-state index contributed by atoms with van der Waals surface area (Å²) >= 11 is 0. The number of aryl methyl sites for hydroxylation is 1. The van der Waals surface area contributed by atoms with Gasteiger partial charge in [0.2, 0.25) is 0 Å². The van der Waals surface area contributed by atoms with Crippen molar-refractivity contribution in [2.24, 2.45) is 7.05 Å². The van der Waals surface area contributed by atoms with Crippen LogP contribution in [0, 0.1) is 11.3 Å². The summed E-state index contributed by atoms with van der Waals surface area (Å²) in [6.07, 6.45) is 4.40.